The summed E-state index contributed by atoms with van der Waals surface area (Å²) in [5, 5.41) is 3.39. The highest BCUT2D eigenvalue weighted by atomic mass is 79.9. The van der Waals surface area contributed by atoms with E-state index in [-0.39, 0.29) is 5.91 Å². The summed E-state index contributed by atoms with van der Waals surface area (Å²) in [6.45, 7) is 6.32. The van der Waals surface area contributed by atoms with Crippen molar-refractivity contribution in [2.75, 3.05) is 27.2 Å². The Morgan fingerprint density at radius 1 is 1.38 bits per heavy atom. The van der Waals surface area contributed by atoms with Crippen LogP contribution >= 0.6 is 15.9 Å². The molecule has 0 saturated carbocycles. The van der Waals surface area contributed by atoms with Gasteiger partial charge in [-0.25, -0.2) is 0 Å². The van der Waals surface area contributed by atoms with Crippen LogP contribution in [0.4, 0.5) is 0 Å². The highest BCUT2D eigenvalue weighted by Gasteiger charge is 2.10. The van der Waals surface area contributed by atoms with Gasteiger partial charge in [-0.3, -0.25) is 4.79 Å². The molecule has 0 atom stereocenters. The van der Waals surface area contributed by atoms with Crippen LogP contribution in [0.15, 0.2) is 16.6 Å². The van der Waals surface area contributed by atoms with Crippen molar-refractivity contribution in [1.29, 1.82) is 0 Å². The molecule has 118 valence electrons. The first-order valence-corrected chi connectivity index (χ1v) is 8.07. The Morgan fingerprint density at radius 3 is 2.71 bits per heavy atom. The van der Waals surface area contributed by atoms with E-state index in [2.05, 4.69) is 34.2 Å². The van der Waals surface area contributed by atoms with E-state index < -0.39 is 0 Å². The Morgan fingerprint density at radius 2 is 2.10 bits per heavy atom. The van der Waals surface area contributed by atoms with E-state index in [1.165, 1.54) is 0 Å². The van der Waals surface area contributed by atoms with Gasteiger partial charge in [-0.05, 0) is 37.6 Å². The van der Waals surface area contributed by atoms with Crippen LogP contribution in [0, 0.1) is 6.92 Å². The van der Waals surface area contributed by atoms with Crippen molar-refractivity contribution in [2.24, 2.45) is 0 Å². The fourth-order valence-corrected chi connectivity index (χ4v) is 2.62. The van der Waals surface area contributed by atoms with E-state index in [0.717, 1.165) is 40.9 Å². The summed E-state index contributed by atoms with van der Waals surface area (Å²) in [7, 11) is 3.51. The minimum absolute atomic E-state index is 0.0791. The van der Waals surface area contributed by atoms with E-state index in [9.17, 15) is 4.79 Å². The summed E-state index contributed by atoms with van der Waals surface area (Å²) in [6, 6.07) is 4.10. The first-order valence-electron chi connectivity index (χ1n) is 7.28. The number of amides is 1. The van der Waals surface area contributed by atoms with Gasteiger partial charge in [0.2, 0.25) is 5.91 Å². The molecule has 0 aliphatic heterocycles. The third-order valence-corrected chi connectivity index (χ3v) is 3.58. The van der Waals surface area contributed by atoms with Gasteiger partial charge in [0.25, 0.3) is 0 Å². The predicted octanol–water partition coefficient (Wildman–Crippen LogP) is 3.11. The number of ether oxygens (including phenoxy) is 1. The van der Waals surface area contributed by atoms with Crippen LogP contribution in [0.5, 0.6) is 5.75 Å². The minimum Gasteiger partial charge on any atom is -0.492 e. The third kappa shape index (κ3) is 6.06. The molecule has 0 aliphatic rings. The van der Waals surface area contributed by atoms with Crippen LogP contribution < -0.4 is 10.1 Å². The Bertz CT molecular complexity index is 476. The van der Waals surface area contributed by atoms with Gasteiger partial charge in [-0.1, -0.05) is 22.9 Å². The normalized spacial score (nSPS) is 10.5. The van der Waals surface area contributed by atoms with Crippen LogP contribution in [0.3, 0.4) is 0 Å². The molecular formula is C16H25BrN2O2. The maximum atomic E-state index is 11.6. The van der Waals surface area contributed by atoms with Crippen molar-refractivity contribution >= 4 is 21.8 Å². The quantitative estimate of drug-likeness (QED) is 0.727. The van der Waals surface area contributed by atoms with Crippen molar-refractivity contribution < 1.29 is 9.53 Å². The summed E-state index contributed by atoms with van der Waals surface area (Å²) in [4.78, 5) is 13.2. The van der Waals surface area contributed by atoms with Gasteiger partial charge in [0.05, 0.1) is 13.0 Å². The van der Waals surface area contributed by atoms with Crippen molar-refractivity contribution in [2.45, 2.75) is 33.2 Å². The highest BCUT2D eigenvalue weighted by molar-refractivity contribution is 9.10. The molecule has 4 nitrogen and oxygen atoms in total. The standard InChI is InChI=1S/C16H25BrN2O2/c1-5-7-18-11-13-10-14(17)9-12(2)16(13)21-8-6-15(20)19(3)4/h9-10,18H,5-8,11H2,1-4H3. The van der Waals surface area contributed by atoms with Gasteiger partial charge in [-0.15, -0.1) is 0 Å². The van der Waals surface area contributed by atoms with Crippen molar-refractivity contribution in [3.05, 3.63) is 27.7 Å². The maximum Gasteiger partial charge on any atom is 0.225 e. The Hall–Kier alpha value is -1.07. The van der Waals surface area contributed by atoms with Crippen LogP contribution in [0.2, 0.25) is 0 Å². The number of benzene rings is 1. The predicted molar refractivity (Wildman–Crippen MR) is 89.7 cm³/mol. The van der Waals surface area contributed by atoms with E-state index in [4.69, 9.17) is 4.74 Å². The molecule has 0 radical (unpaired) electrons. The molecule has 0 spiro atoms. The fourth-order valence-electron chi connectivity index (χ4n) is 2.00. The molecule has 1 aromatic rings. The topological polar surface area (TPSA) is 41.6 Å². The van der Waals surface area contributed by atoms with Gasteiger partial charge in [-0.2, -0.15) is 0 Å². The lowest BCUT2D eigenvalue weighted by Gasteiger charge is -2.16. The van der Waals surface area contributed by atoms with Gasteiger partial charge >= 0.3 is 0 Å². The Kier molecular flexibility index (Phi) is 7.75. The number of rotatable bonds is 8. The van der Waals surface area contributed by atoms with Crippen LogP contribution in [0.1, 0.15) is 30.9 Å². The van der Waals surface area contributed by atoms with Crippen molar-refractivity contribution in [3.63, 3.8) is 0 Å². The van der Waals surface area contributed by atoms with Crippen LogP contribution in [0.25, 0.3) is 0 Å². The van der Waals surface area contributed by atoms with Crippen molar-refractivity contribution in [3.8, 4) is 5.75 Å². The Labute approximate surface area is 136 Å². The lowest BCUT2D eigenvalue weighted by Crippen LogP contribution is -2.23. The summed E-state index contributed by atoms with van der Waals surface area (Å²) in [5.41, 5.74) is 2.20. The van der Waals surface area contributed by atoms with Crippen molar-refractivity contribution in [1.82, 2.24) is 10.2 Å². The zero-order chi connectivity index (χ0) is 15.8. The number of aryl methyl sites for hydroxylation is 1. The summed E-state index contributed by atoms with van der Waals surface area (Å²) < 4.78 is 6.91. The molecule has 5 heteroatoms. The first-order chi connectivity index (χ1) is 9.95. The third-order valence-electron chi connectivity index (χ3n) is 3.12. The molecule has 0 heterocycles. The lowest BCUT2D eigenvalue weighted by molar-refractivity contribution is -0.129. The molecule has 21 heavy (non-hydrogen) atoms. The van der Waals surface area contributed by atoms with Gasteiger partial charge in [0, 0.05) is 30.7 Å². The fraction of sp³-hybridized carbons (Fsp3) is 0.562. The molecule has 0 bridgehead atoms. The molecule has 0 unspecified atom stereocenters. The second-order valence-electron chi connectivity index (χ2n) is 5.27. The zero-order valence-corrected chi connectivity index (χ0v) is 14.9. The molecule has 0 aliphatic carbocycles. The number of hydrogen-bond donors (Lipinski definition) is 1. The largest absolute Gasteiger partial charge is 0.492 e. The van der Waals surface area contributed by atoms with Gasteiger partial charge in [0.1, 0.15) is 5.75 Å². The smallest absolute Gasteiger partial charge is 0.225 e. The van der Waals surface area contributed by atoms with E-state index >= 15 is 0 Å². The molecule has 0 fully saturated rings. The SMILES string of the molecule is CCCNCc1cc(Br)cc(C)c1OCCC(=O)N(C)C. The first kappa shape index (κ1) is 18.0. The number of halogens is 1. The van der Waals surface area contributed by atoms with E-state index in [1.54, 1.807) is 19.0 Å². The number of nitrogens with zero attached hydrogens (tertiary/aromatic N) is 1. The molecule has 1 aromatic carbocycles. The van der Waals surface area contributed by atoms with Crippen LogP contribution in [-0.4, -0.2) is 38.1 Å². The zero-order valence-electron chi connectivity index (χ0n) is 13.3. The number of nitrogens with one attached hydrogen (secondary N) is 1. The number of carbonyl (C=O) groups excluding carboxylic acids is 1. The molecule has 0 aromatic heterocycles. The number of carbonyl (C=O) groups is 1. The number of hydrogen-bond acceptors (Lipinski definition) is 3. The monoisotopic (exact) mass is 356 g/mol. The maximum absolute atomic E-state index is 11.6. The molecular weight excluding hydrogens is 332 g/mol. The molecule has 0 saturated heterocycles. The second-order valence-corrected chi connectivity index (χ2v) is 6.19. The summed E-state index contributed by atoms with van der Waals surface area (Å²) in [5.74, 6) is 0.962. The minimum atomic E-state index is 0.0791. The van der Waals surface area contributed by atoms with Crippen LogP contribution in [-0.2, 0) is 11.3 Å². The molecule has 1 amide bonds. The average molecular weight is 357 g/mol. The highest BCUT2D eigenvalue weighted by Crippen LogP contribution is 2.28. The summed E-state index contributed by atoms with van der Waals surface area (Å²) in [6.07, 6.45) is 1.49. The van der Waals surface area contributed by atoms with E-state index in [0.29, 0.717) is 13.0 Å². The van der Waals surface area contributed by atoms with E-state index in [1.807, 2.05) is 13.0 Å². The van der Waals surface area contributed by atoms with Gasteiger partial charge < -0.3 is 15.0 Å². The lowest BCUT2D eigenvalue weighted by atomic mass is 10.1. The average Bonchev–Trinajstić information content (AvgIpc) is 2.41. The molecule has 1 rings (SSSR count). The second kappa shape index (κ2) is 9.05. The molecule has 1 N–H and O–H groups in total. The summed E-state index contributed by atoms with van der Waals surface area (Å²) >= 11 is 3.52. The Balaban J connectivity index is 2.72. The van der Waals surface area contributed by atoms with Gasteiger partial charge in [0.15, 0.2) is 0 Å².